The molecule has 0 aliphatic heterocycles. The minimum Gasteiger partial charge on any atom is -0.355 e. The molecule has 2 N–H and O–H groups in total. The van der Waals surface area contributed by atoms with Crippen LogP contribution in [-0.4, -0.2) is 29.4 Å². The van der Waals surface area contributed by atoms with Crippen molar-refractivity contribution in [2.24, 2.45) is 0 Å². The van der Waals surface area contributed by atoms with Crippen molar-refractivity contribution >= 4 is 29.3 Å². The van der Waals surface area contributed by atoms with E-state index in [-0.39, 0.29) is 29.2 Å². The average molecular weight is 378 g/mol. The number of carbonyl (C=O) groups is 2. The first kappa shape index (κ1) is 19.9. The summed E-state index contributed by atoms with van der Waals surface area (Å²) in [5.74, 6) is -1.05. The first-order valence-corrected chi connectivity index (χ1v) is 9.18. The van der Waals surface area contributed by atoms with Gasteiger partial charge in [0, 0.05) is 12.2 Å². The second kappa shape index (κ2) is 9.91. The first-order chi connectivity index (χ1) is 12.5. The van der Waals surface area contributed by atoms with Crippen molar-refractivity contribution in [3.05, 3.63) is 65.7 Å². The predicted octanol–water partition coefficient (Wildman–Crippen LogP) is 3.38. The maximum Gasteiger partial charge on any atom is 0.234 e. The molecule has 1 atom stereocenters. The van der Waals surface area contributed by atoms with E-state index in [4.69, 9.17) is 0 Å². The smallest absolute Gasteiger partial charge is 0.234 e. The zero-order valence-electron chi connectivity index (χ0n) is 14.3. The second-order valence-corrected chi connectivity index (χ2v) is 6.97. The molecule has 0 saturated heterocycles. The van der Waals surface area contributed by atoms with Crippen LogP contribution in [0, 0.1) is 11.6 Å². The number of carbonyl (C=O) groups excluding carboxylic acids is 2. The zero-order valence-corrected chi connectivity index (χ0v) is 15.1. The van der Waals surface area contributed by atoms with E-state index in [0.29, 0.717) is 24.2 Å². The van der Waals surface area contributed by atoms with E-state index in [0.717, 1.165) is 0 Å². The van der Waals surface area contributed by atoms with Crippen LogP contribution in [0.1, 0.15) is 12.5 Å². The molecule has 26 heavy (non-hydrogen) atoms. The van der Waals surface area contributed by atoms with Crippen molar-refractivity contribution in [1.82, 2.24) is 5.32 Å². The number of nitrogens with one attached hydrogen (secondary N) is 2. The van der Waals surface area contributed by atoms with E-state index in [9.17, 15) is 18.4 Å². The summed E-state index contributed by atoms with van der Waals surface area (Å²) in [5.41, 5.74) is 1.05. The van der Waals surface area contributed by atoms with Gasteiger partial charge < -0.3 is 10.6 Å². The lowest BCUT2D eigenvalue weighted by Gasteiger charge is -2.12. The first-order valence-electron chi connectivity index (χ1n) is 8.14. The fraction of sp³-hybridized carbons (Fsp3) is 0.263. The number of thioether (sulfide) groups is 1. The Hall–Kier alpha value is -2.41. The van der Waals surface area contributed by atoms with Gasteiger partial charge in [0.15, 0.2) is 0 Å². The molecule has 0 aromatic heterocycles. The molecule has 0 saturated carbocycles. The fourth-order valence-corrected chi connectivity index (χ4v) is 2.88. The van der Waals surface area contributed by atoms with E-state index in [1.165, 1.54) is 42.1 Å². The number of benzene rings is 2. The molecular formula is C19H20F2N2O2S. The van der Waals surface area contributed by atoms with Gasteiger partial charge in [-0.2, -0.15) is 0 Å². The molecule has 0 aliphatic rings. The van der Waals surface area contributed by atoms with E-state index in [1.54, 1.807) is 25.1 Å². The Bertz CT molecular complexity index is 753. The Morgan fingerprint density at radius 3 is 2.46 bits per heavy atom. The van der Waals surface area contributed by atoms with Crippen LogP contribution in [-0.2, 0) is 16.0 Å². The summed E-state index contributed by atoms with van der Waals surface area (Å²) < 4.78 is 26.3. The van der Waals surface area contributed by atoms with Crippen LogP contribution in [0.2, 0.25) is 0 Å². The third-order valence-electron chi connectivity index (χ3n) is 3.61. The molecule has 0 heterocycles. The van der Waals surface area contributed by atoms with Crippen LogP contribution in [0.5, 0.6) is 0 Å². The van der Waals surface area contributed by atoms with Crippen LogP contribution in [0.15, 0.2) is 48.5 Å². The Kier molecular flexibility index (Phi) is 7.59. The quantitative estimate of drug-likeness (QED) is 0.740. The highest BCUT2D eigenvalue weighted by Gasteiger charge is 2.15. The zero-order chi connectivity index (χ0) is 18.9. The van der Waals surface area contributed by atoms with Crippen molar-refractivity contribution in [2.45, 2.75) is 18.6 Å². The molecular weight excluding hydrogens is 358 g/mol. The molecule has 4 nitrogen and oxygen atoms in total. The van der Waals surface area contributed by atoms with Gasteiger partial charge in [-0.1, -0.05) is 18.2 Å². The molecule has 7 heteroatoms. The summed E-state index contributed by atoms with van der Waals surface area (Å²) >= 11 is 1.19. The van der Waals surface area contributed by atoms with Crippen LogP contribution in [0.25, 0.3) is 0 Å². The number of rotatable bonds is 8. The van der Waals surface area contributed by atoms with E-state index < -0.39 is 5.25 Å². The van der Waals surface area contributed by atoms with Crippen molar-refractivity contribution in [3.63, 3.8) is 0 Å². The molecule has 2 aromatic rings. The van der Waals surface area contributed by atoms with Gasteiger partial charge in [0.1, 0.15) is 11.6 Å². The summed E-state index contributed by atoms with van der Waals surface area (Å²) in [6, 6.07) is 11.9. The minimum absolute atomic E-state index is 0.0965. The molecule has 2 aromatic carbocycles. The number of halogens is 2. The Labute approximate surface area is 155 Å². The number of hydrogen-bond donors (Lipinski definition) is 2. The topological polar surface area (TPSA) is 58.2 Å². The highest BCUT2D eigenvalue weighted by Crippen LogP contribution is 2.13. The minimum atomic E-state index is -0.422. The van der Waals surface area contributed by atoms with Crippen molar-refractivity contribution < 1.29 is 18.4 Å². The third-order valence-corrected chi connectivity index (χ3v) is 4.76. The predicted molar refractivity (Wildman–Crippen MR) is 100 cm³/mol. The second-order valence-electron chi connectivity index (χ2n) is 5.64. The molecule has 0 aliphatic carbocycles. The Balaban J connectivity index is 1.68. The molecule has 2 rings (SSSR count). The van der Waals surface area contributed by atoms with Gasteiger partial charge in [0.2, 0.25) is 11.8 Å². The molecule has 0 unspecified atom stereocenters. The molecule has 138 valence electrons. The summed E-state index contributed by atoms with van der Waals surface area (Å²) in [7, 11) is 0. The Morgan fingerprint density at radius 1 is 1.08 bits per heavy atom. The largest absolute Gasteiger partial charge is 0.355 e. The van der Waals surface area contributed by atoms with Crippen molar-refractivity contribution in [2.75, 3.05) is 17.6 Å². The number of hydrogen-bond acceptors (Lipinski definition) is 3. The van der Waals surface area contributed by atoms with Gasteiger partial charge in [-0.3, -0.25) is 9.59 Å². The fourth-order valence-electron chi connectivity index (χ4n) is 2.17. The number of amides is 2. The molecule has 0 bridgehead atoms. The summed E-state index contributed by atoms with van der Waals surface area (Å²) in [6.45, 7) is 2.03. The van der Waals surface area contributed by atoms with Crippen LogP contribution >= 0.6 is 11.8 Å². The molecule has 0 radical (unpaired) electrons. The van der Waals surface area contributed by atoms with Crippen LogP contribution in [0.3, 0.4) is 0 Å². The lowest BCUT2D eigenvalue weighted by Crippen LogP contribution is -2.33. The molecule has 2 amide bonds. The SMILES string of the molecule is C[C@H](SCC(=O)Nc1ccc(F)cc1)C(=O)NCCc1ccccc1F. The average Bonchev–Trinajstić information content (AvgIpc) is 2.63. The lowest BCUT2D eigenvalue weighted by molar-refractivity contribution is -0.120. The summed E-state index contributed by atoms with van der Waals surface area (Å²) in [5, 5.41) is 4.95. The van der Waals surface area contributed by atoms with Gasteiger partial charge in [-0.25, -0.2) is 8.78 Å². The van der Waals surface area contributed by atoms with Crippen molar-refractivity contribution in [1.29, 1.82) is 0 Å². The van der Waals surface area contributed by atoms with Gasteiger partial charge in [0.05, 0.1) is 11.0 Å². The summed E-state index contributed by atoms with van der Waals surface area (Å²) in [6.07, 6.45) is 0.404. The van der Waals surface area contributed by atoms with Crippen LogP contribution in [0.4, 0.5) is 14.5 Å². The highest BCUT2D eigenvalue weighted by atomic mass is 32.2. The standard InChI is InChI=1S/C19H20F2N2O2S/c1-13(19(25)22-11-10-14-4-2-3-5-17(14)21)26-12-18(24)23-16-8-6-15(20)7-9-16/h2-9,13H,10-12H2,1H3,(H,22,25)(H,23,24)/t13-/m0/s1. The maximum absolute atomic E-state index is 13.5. The van der Waals surface area contributed by atoms with E-state index in [2.05, 4.69) is 10.6 Å². The van der Waals surface area contributed by atoms with E-state index >= 15 is 0 Å². The normalized spacial score (nSPS) is 11.7. The van der Waals surface area contributed by atoms with E-state index in [1.807, 2.05) is 0 Å². The van der Waals surface area contributed by atoms with Gasteiger partial charge in [-0.05, 0) is 49.2 Å². The monoisotopic (exact) mass is 378 g/mol. The van der Waals surface area contributed by atoms with Gasteiger partial charge >= 0.3 is 0 Å². The Morgan fingerprint density at radius 2 is 1.77 bits per heavy atom. The third kappa shape index (κ3) is 6.48. The number of anilines is 1. The van der Waals surface area contributed by atoms with Crippen molar-refractivity contribution in [3.8, 4) is 0 Å². The summed E-state index contributed by atoms with van der Waals surface area (Å²) in [4.78, 5) is 23.9. The lowest BCUT2D eigenvalue weighted by atomic mass is 10.1. The maximum atomic E-state index is 13.5. The molecule has 0 spiro atoms. The van der Waals surface area contributed by atoms with Crippen LogP contribution < -0.4 is 10.6 Å². The highest BCUT2D eigenvalue weighted by molar-refractivity contribution is 8.01. The van der Waals surface area contributed by atoms with Gasteiger partial charge in [0.25, 0.3) is 0 Å². The van der Waals surface area contributed by atoms with Gasteiger partial charge in [-0.15, -0.1) is 11.8 Å². The molecule has 0 fully saturated rings.